The van der Waals surface area contributed by atoms with Crippen molar-refractivity contribution in [2.75, 3.05) is 11.9 Å². The zero-order chi connectivity index (χ0) is 17.6. The lowest BCUT2D eigenvalue weighted by Crippen LogP contribution is -2.30. The largest absolute Gasteiger partial charge is 0.423 e. The molecule has 3 rings (SSSR count). The number of ether oxygens (including phenoxy) is 1. The van der Waals surface area contributed by atoms with Gasteiger partial charge < -0.3 is 20.2 Å². The van der Waals surface area contributed by atoms with Crippen LogP contribution >= 0.6 is 0 Å². The lowest BCUT2D eigenvalue weighted by molar-refractivity contribution is -0.114. The number of hydrogen-bond acceptors (Lipinski definition) is 8. The molecule has 0 unspecified atom stereocenters. The third kappa shape index (κ3) is 2.40. The molecule has 24 heavy (non-hydrogen) atoms. The second-order valence-corrected chi connectivity index (χ2v) is 5.28. The quantitative estimate of drug-likeness (QED) is 0.424. The number of aliphatic hydroxyl groups excluding tert-OH is 2. The second-order valence-electron chi connectivity index (χ2n) is 5.28. The summed E-state index contributed by atoms with van der Waals surface area (Å²) in [7, 11) is 0. The summed E-state index contributed by atoms with van der Waals surface area (Å²) in [6, 6.07) is 0. The topological polar surface area (TPSA) is 159 Å². The van der Waals surface area contributed by atoms with Gasteiger partial charge in [-0.3, -0.25) is 20.1 Å². The molecular weight excluding hydrogens is 327 g/mol. The van der Waals surface area contributed by atoms with Crippen LogP contribution in [0.2, 0.25) is 0 Å². The number of carbonyl (C=O) groups excluding carboxylic acids is 1. The van der Waals surface area contributed by atoms with Crippen molar-refractivity contribution in [3.05, 3.63) is 11.8 Å². The minimum atomic E-state index is -1.86. The molecule has 130 valence electrons. The summed E-state index contributed by atoms with van der Waals surface area (Å²) in [6.07, 6.45) is -4.69. The molecule has 0 spiro atoms. The van der Waals surface area contributed by atoms with Crippen LogP contribution in [0.3, 0.4) is 0 Å². The Kier molecular flexibility index (Phi) is 3.95. The first kappa shape index (κ1) is 16.3. The predicted molar refractivity (Wildman–Crippen MR) is 74.8 cm³/mol. The third-order valence-electron chi connectivity index (χ3n) is 3.65. The fraction of sp³-hybridized carbons (Fsp3) is 0.500. The van der Waals surface area contributed by atoms with E-state index in [0.29, 0.717) is 4.73 Å². The van der Waals surface area contributed by atoms with Crippen LogP contribution in [0.1, 0.15) is 13.2 Å². The number of anilines is 1. The van der Waals surface area contributed by atoms with E-state index in [9.17, 15) is 19.5 Å². The molecule has 4 atom stereocenters. The first-order valence-corrected chi connectivity index (χ1v) is 6.94. The normalized spacial score (nSPS) is 26.8. The number of rotatable bonds is 3. The molecule has 1 fully saturated rings. The van der Waals surface area contributed by atoms with Crippen molar-refractivity contribution in [1.82, 2.24) is 19.3 Å². The Balaban J connectivity index is 2.12. The number of imidazole rings is 1. The monoisotopic (exact) mass is 342 g/mol. The van der Waals surface area contributed by atoms with Crippen LogP contribution in [-0.4, -0.2) is 65.6 Å². The van der Waals surface area contributed by atoms with Gasteiger partial charge in [0.2, 0.25) is 11.9 Å². The van der Waals surface area contributed by atoms with Crippen molar-refractivity contribution in [3.63, 3.8) is 0 Å². The molecule has 3 heterocycles. The molecule has 5 N–H and O–H groups in total. The molecule has 0 bridgehead atoms. The van der Waals surface area contributed by atoms with E-state index in [4.69, 9.17) is 15.3 Å². The lowest BCUT2D eigenvalue weighted by Gasteiger charge is -2.15. The van der Waals surface area contributed by atoms with E-state index in [1.165, 1.54) is 6.92 Å². The molecule has 11 nitrogen and oxygen atoms in total. The van der Waals surface area contributed by atoms with Gasteiger partial charge in [0.1, 0.15) is 12.2 Å². The summed E-state index contributed by atoms with van der Waals surface area (Å²) < 4.78 is 21.0. The number of alkyl halides is 1. The Labute approximate surface area is 133 Å². The van der Waals surface area contributed by atoms with Gasteiger partial charge in [-0.2, -0.15) is 4.98 Å². The SMILES string of the molecule is CC(=O)Nc1nc2c(ncn2[C@@H]2O[C@H](CO)[C@@H](O)[C@@H]2F)c(=N)n1O. The van der Waals surface area contributed by atoms with Gasteiger partial charge in [-0.15, -0.1) is 4.73 Å². The number of aliphatic hydroxyl groups is 2. The second kappa shape index (κ2) is 5.81. The Bertz CT molecular complexity index is 850. The van der Waals surface area contributed by atoms with Crippen molar-refractivity contribution < 1.29 is 29.3 Å². The molecule has 1 aliphatic heterocycles. The number of halogens is 1. The highest BCUT2D eigenvalue weighted by atomic mass is 19.1. The van der Waals surface area contributed by atoms with E-state index in [-0.39, 0.29) is 17.1 Å². The summed E-state index contributed by atoms with van der Waals surface area (Å²) in [6.45, 7) is 0.613. The Morgan fingerprint density at radius 1 is 1.58 bits per heavy atom. The van der Waals surface area contributed by atoms with E-state index in [1.54, 1.807) is 0 Å². The van der Waals surface area contributed by atoms with Gasteiger partial charge in [0.15, 0.2) is 29.1 Å². The number of nitrogens with one attached hydrogen (secondary N) is 2. The number of nitrogens with zero attached hydrogens (tertiary/aromatic N) is 4. The molecule has 12 heteroatoms. The third-order valence-corrected chi connectivity index (χ3v) is 3.65. The van der Waals surface area contributed by atoms with E-state index < -0.39 is 42.6 Å². The molecule has 0 aliphatic carbocycles. The highest BCUT2D eigenvalue weighted by Gasteiger charge is 2.45. The van der Waals surface area contributed by atoms with Gasteiger partial charge in [0.25, 0.3) is 0 Å². The van der Waals surface area contributed by atoms with Gasteiger partial charge in [-0.05, 0) is 0 Å². The summed E-state index contributed by atoms with van der Waals surface area (Å²) in [5.41, 5.74) is -0.577. The van der Waals surface area contributed by atoms with Gasteiger partial charge in [-0.1, -0.05) is 0 Å². The van der Waals surface area contributed by atoms with Crippen LogP contribution in [0.15, 0.2) is 6.33 Å². The molecule has 1 amide bonds. The Morgan fingerprint density at radius 3 is 2.88 bits per heavy atom. The number of hydrogen-bond donors (Lipinski definition) is 5. The summed E-state index contributed by atoms with van der Waals surface area (Å²) in [5, 5.41) is 38.7. The molecule has 2 aromatic rings. The Morgan fingerprint density at radius 2 is 2.29 bits per heavy atom. The number of amides is 1. The Hall–Kier alpha value is -2.57. The zero-order valence-corrected chi connectivity index (χ0v) is 12.4. The molecule has 0 radical (unpaired) electrons. The van der Waals surface area contributed by atoms with Crippen LogP contribution in [0.25, 0.3) is 11.2 Å². The minimum absolute atomic E-state index is 0.0347. The van der Waals surface area contributed by atoms with Crippen LogP contribution < -0.4 is 10.8 Å². The fourth-order valence-electron chi connectivity index (χ4n) is 2.49. The number of fused-ring (bicyclic) bond motifs is 1. The standard InChI is InChI=1S/C12H15FN6O5/c1-4(21)16-12-17-10-7(9(14)19(12)23)15-3-18(10)11-6(13)8(22)5(2-20)24-11/h3,5-6,8,11,14,20,22-23H,2H2,1H3,(H,16,17,21)/t5-,6+,8-,11-/m1/s1. The van der Waals surface area contributed by atoms with Crippen molar-refractivity contribution in [3.8, 4) is 0 Å². The van der Waals surface area contributed by atoms with Crippen LogP contribution in [0.5, 0.6) is 0 Å². The van der Waals surface area contributed by atoms with Gasteiger partial charge >= 0.3 is 0 Å². The lowest BCUT2D eigenvalue weighted by atomic mass is 10.1. The average Bonchev–Trinajstić information content (AvgIpc) is 3.06. The highest BCUT2D eigenvalue weighted by molar-refractivity contribution is 5.87. The number of aromatic nitrogens is 4. The molecule has 2 aromatic heterocycles. The van der Waals surface area contributed by atoms with Crippen molar-refractivity contribution in [1.29, 1.82) is 5.41 Å². The van der Waals surface area contributed by atoms with Gasteiger partial charge in [0, 0.05) is 6.92 Å². The zero-order valence-electron chi connectivity index (χ0n) is 12.4. The molecule has 0 aromatic carbocycles. The maximum absolute atomic E-state index is 14.3. The van der Waals surface area contributed by atoms with E-state index >= 15 is 0 Å². The predicted octanol–water partition coefficient (Wildman–Crippen LogP) is -1.50. The van der Waals surface area contributed by atoms with Crippen molar-refractivity contribution in [2.24, 2.45) is 0 Å². The van der Waals surface area contributed by atoms with Crippen molar-refractivity contribution in [2.45, 2.75) is 31.5 Å². The number of carbonyl (C=O) groups is 1. The average molecular weight is 342 g/mol. The molecule has 1 saturated heterocycles. The first-order valence-electron chi connectivity index (χ1n) is 6.94. The smallest absolute Gasteiger partial charge is 0.247 e. The fourth-order valence-corrected chi connectivity index (χ4v) is 2.49. The first-order chi connectivity index (χ1) is 11.3. The van der Waals surface area contributed by atoms with Crippen molar-refractivity contribution >= 4 is 23.0 Å². The molecular formula is C12H15FN6O5. The van der Waals surface area contributed by atoms with E-state index in [2.05, 4.69) is 15.3 Å². The summed E-state index contributed by atoms with van der Waals surface area (Å²) in [4.78, 5) is 19.0. The minimum Gasteiger partial charge on any atom is -0.423 e. The molecule has 0 saturated carbocycles. The van der Waals surface area contributed by atoms with E-state index in [1.807, 2.05) is 0 Å². The van der Waals surface area contributed by atoms with Crippen LogP contribution in [0.4, 0.5) is 10.3 Å². The van der Waals surface area contributed by atoms with Crippen LogP contribution in [0, 0.1) is 5.41 Å². The summed E-state index contributed by atoms with van der Waals surface area (Å²) >= 11 is 0. The molecule has 1 aliphatic rings. The maximum Gasteiger partial charge on any atom is 0.247 e. The van der Waals surface area contributed by atoms with Gasteiger partial charge in [0.05, 0.1) is 12.9 Å². The van der Waals surface area contributed by atoms with E-state index in [0.717, 1.165) is 10.9 Å². The maximum atomic E-state index is 14.3. The summed E-state index contributed by atoms with van der Waals surface area (Å²) in [5.74, 6) is -0.888. The van der Waals surface area contributed by atoms with Crippen LogP contribution in [-0.2, 0) is 9.53 Å². The van der Waals surface area contributed by atoms with Gasteiger partial charge in [-0.25, -0.2) is 9.37 Å². The highest BCUT2D eigenvalue weighted by Crippen LogP contribution is 2.33.